The van der Waals surface area contributed by atoms with Crippen molar-refractivity contribution in [3.63, 3.8) is 0 Å². The Morgan fingerprint density at radius 2 is 1.94 bits per heavy atom. The Labute approximate surface area is 112 Å². The van der Waals surface area contributed by atoms with E-state index in [1.54, 1.807) is 0 Å². The molecule has 18 heavy (non-hydrogen) atoms. The summed E-state index contributed by atoms with van der Waals surface area (Å²) in [6.45, 7) is 10.6. The predicted octanol–water partition coefficient (Wildman–Crippen LogP) is 2.74. The zero-order valence-electron chi connectivity index (χ0n) is 12.3. The SMILES string of the molecule is CCC(C)(C)CCC1NCCOC12CCOCC2. The number of hydrogen-bond donors (Lipinski definition) is 1. The van der Waals surface area contributed by atoms with Gasteiger partial charge < -0.3 is 14.8 Å². The van der Waals surface area contributed by atoms with Crippen molar-refractivity contribution in [1.29, 1.82) is 0 Å². The third-order valence-electron chi connectivity index (χ3n) is 4.92. The van der Waals surface area contributed by atoms with Gasteiger partial charge in [-0.05, 0) is 18.3 Å². The zero-order chi connectivity index (χ0) is 13.1. The fourth-order valence-electron chi connectivity index (χ4n) is 3.06. The van der Waals surface area contributed by atoms with Gasteiger partial charge in [-0.15, -0.1) is 0 Å². The predicted molar refractivity (Wildman–Crippen MR) is 73.8 cm³/mol. The molecule has 1 atom stereocenters. The maximum atomic E-state index is 6.18. The van der Waals surface area contributed by atoms with E-state index in [1.807, 2.05) is 0 Å². The quantitative estimate of drug-likeness (QED) is 0.838. The Kier molecular flexibility index (Phi) is 4.68. The molecule has 2 aliphatic rings. The van der Waals surface area contributed by atoms with E-state index >= 15 is 0 Å². The average molecular weight is 255 g/mol. The van der Waals surface area contributed by atoms with E-state index in [9.17, 15) is 0 Å². The number of nitrogens with one attached hydrogen (secondary N) is 1. The van der Waals surface area contributed by atoms with Crippen LogP contribution in [0.5, 0.6) is 0 Å². The van der Waals surface area contributed by atoms with Crippen LogP contribution in [0.4, 0.5) is 0 Å². The largest absolute Gasteiger partial charge is 0.381 e. The molecule has 0 radical (unpaired) electrons. The van der Waals surface area contributed by atoms with Gasteiger partial charge in [0, 0.05) is 38.6 Å². The molecule has 106 valence electrons. The highest BCUT2D eigenvalue weighted by atomic mass is 16.5. The smallest absolute Gasteiger partial charge is 0.0879 e. The molecule has 2 aliphatic heterocycles. The van der Waals surface area contributed by atoms with Crippen molar-refractivity contribution in [1.82, 2.24) is 5.32 Å². The van der Waals surface area contributed by atoms with Crippen LogP contribution >= 0.6 is 0 Å². The summed E-state index contributed by atoms with van der Waals surface area (Å²) < 4.78 is 11.7. The molecular formula is C15H29NO2. The molecule has 1 spiro atoms. The minimum atomic E-state index is 0.0559. The van der Waals surface area contributed by atoms with Gasteiger partial charge in [0.1, 0.15) is 0 Å². The highest BCUT2D eigenvalue weighted by Crippen LogP contribution is 2.36. The van der Waals surface area contributed by atoms with Crippen LogP contribution in [0, 0.1) is 5.41 Å². The van der Waals surface area contributed by atoms with E-state index in [0.717, 1.165) is 39.2 Å². The van der Waals surface area contributed by atoms with E-state index in [-0.39, 0.29) is 5.60 Å². The number of hydrogen-bond acceptors (Lipinski definition) is 3. The van der Waals surface area contributed by atoms with E-state index in [2.05, 4.69) is 26.1 Å². The van der Waals surface area contributed by atoms with Gasteiger partial charge in [0.2, 0.25) is 0 Å². The van der Waals surface area contributed by atoms with E-state index in [0.29, 0.717) is 11.5 Å². The van der Waals surface area contributed by atoms with Crippen molar-refractivity contribution in [3.05, 3.63) is 0 Å². The third-order valence-corrected chi connectivity index (χ3v) is 4.92. The first-order chi connectivity index (χ1) is 8.58. The Hall–Kier alpha value is -0.120. The van der Waals surface area contributed by atoms with Gasteiger partial charge >= 0.3 is 0 Å². The van der Waals surface area contributed by atoms with Crippen LogP contribution in [0.1, 0.15) is 52.9 Å². The molecule has 0 aromatic heterocycles. The molecule has 0 aromatic rings. The van der Waals surface area contributed by atoms with Gasteiger partial charge in [-0.1, -0.05) is 27.2 Å². The normalized spacial score (nSPS) is 28.5. The molecule has 0 bridgehead atoms. The standard InChI is InChI=1S/C15H29NO2/c1-4-14(2,3)6-5-13-15(18-12-9-16-13)7-10-17-11-8-15/h13,16H,4-12H2,1-3H3. The maximum Gasteiger partial charge on any atom is 0.0879 e. The van der Waals surface area contributed by atoms with Crippen molar-refractivity contribution < 1.29 is 9.47 Å². The first-order valence-electron chi connectivity index (χ1n) is 7.53. The number of ether oxygens (including phenoxy) is 2. The molecule has 2 heterocycles. The summed E-state index contributed by atoms with van der Waals surface area (Å²) in [5.41, 5.74) is 0.506. The molecular weight excluding hydrogens is 226 g/mol. The average Bonchev–Trinajstić information content (AvgIpc) is 2.39. The highest BCUT2D eigenvalue weighted by Gasteiger charge is 2.43. The lowest BCUT2D eigenvalue weighted by Gasteiger charge is -2.47. The highest BCUT2D eigenvalue weighted by molar-refractivity contribution is 4.97. The number of rotatable bonds is 4. The van der Waals surface area contributed by atoms with Crippen LogP contribution in [0.2, 0.25) is 0 Å². The Morgan fingerprint density at radius 1 is 1.22 bits per heavy atom. The van der Waals surface area contributed by atoms with Crippen LogP contribution < -0.4 is 5.32 Å². The molecule has 2 rings (SSSR count). The van der Waals surface area contributed by atoms with E-state index in [1.165, 1.54) is 19.3 Å². The lowest BCUT2D eigenvalue weighted by Crippen LogP contribution is -2.60. The van der Waals surface area contributed by atoms with Gasteiger partial charge in [0.25, 0.3) is 0 Å². The molecule has 2 fully saturated rings. The molecule has 2 saturated heterocycles. The van der Waals surface area contributed by atoms with Gasteiger partial charge in [0.05, 0.1) is 12.2 Å². The van der Waals surface area contributed by atoms with Crippen molar-refractivity contribution in [2.75, 3.05) is 26.4 Å². The van der Waals surface area contributed by atoms with Crippen LogP contribution in [-0.2, 0) is 9.47 Å². The Bertz CT molecular complexity index is 251. The Morgan fingerprint density at radius 3 is 2.61 bits per heavy atom. The zero-order valence-corrected chi connectivity index (χ0v) is 12.3. The second kappa shape index (κ2) is 5.89. The lowest BCUT2D eigenvalue weighted by molar-refractivity contribution is -0.150. The van der Waals surface area contributed by atoms with E-state index < -0.39 is 0 Å². The lowest BCUT2D eigenvalue weighted by atomic mass is 9.77. The number of morpholine rings is 1. The van der Waals surface area contributed by atoms with Gasteiger partial charge in [-0.25, -0.2) is 0 Å². The molecule has 1 unspecified atom stereocenters. The molecule has 3 nitrogen and oxygen atoms in total. The molecule has 0 aromatic carbocycles. The van der Waals surface area contributed by atoms with Crippen molar-refractivity contribution in [2.24, 2.45) is 5.41 Å². The summed E-state index contributed by atoms with van der Waals surface area (Å²) in [6, 6.07) is 0.515. The Balaban J connectivity index is 1.95. The molecule has 0 amide bonds. The summed E-state index contributed by atoms with van der Waals surface area (Å²) in [6.07, 6.45) is 5.85. The van der Waals surface area contributed by atoms with Gasteiger partial charge in [-0.3, -0.25) is 0 Å². The first kappa shape index (κ1) is 14.3. The minimum absolute atomic E-state index is 0.0559. The van der Waals surface area contributed by atoms with Crippen LogP contribution in [0.25, 0.3) is 0 Å². The van der Waals surface area contributed by atoms with Crippen LogP contribution in [0.15, 0.2) is 0 Å². The van der Waals surface area contributed by atoms with Crippen molar-refractivity contribution >= 4 is 0 Å². The van der Waals surface area contributed by atoms with Crippen molar-refractivity contribution in [2.45, 2.75) is 64.5 Å². The molecule has 3 heteroatoms. The summed E-state index contributed by atoms with van der Waals surface area (Å²) in [5, 5.41) is 3.70. The topological polar surface area (TPSA) is 30.5 Å². The van der Waals surface area contributed by atoms with Crippen LogP contribution in [0.3, 0.4) is 0 Å². The first-order valence-corrected chi connectivity index (χ1v) is 7.53. The van der Waals surface area contributed by atoms with Gasteiger partial charge in [-0.2, -0.15) is 0 Å². The summed E-state index contributed by atoms with van der Waals surface area (Å²) in [4.78, 5) is 0. The third kappa shape index (κ3) is 3.25. The summed E-state index contributed by atoms with van der Waals surface area (Å²) >= 11 is 0. The minimum Gasteiger partial charge on any atom is -0.381 e. The van der Waals surface area contributed by atoms with E-state index in [4.69, 9.17) is 9.47 Å². The second-order valence-electron chi connectivity index (χ2n) is 6.59. The maximum absolute atomic E-state index is 6.18. The fraction of sp³-hybridized carbons (Fsp3) is 1.00. The monoisotopic (exact) mass is 255 g/mol. The second-order valence-corrected chi connectivity index (χ2v) is 6.59. The molecule has 0 saturated carbocycles. The van der Waals surface area contributed by atoms with Crippen molar-refractivity contribution in [3.8, 4) is 0 Å². The fourth-order valence-corrected chi connectivity index (χ4v) is 3.06. The van der Waals surface area contributed by atoms with Gasteiger partial charge in [0.15, 0.2) is 0 Å². The molecule has 1 N–H and O–H groups in total. The van der Waals surface area contributed by atoms with Crippen LogP contribution in [-0.4, -0.2) is 38.0 Å². The summed E-state index contributed by atoms with van der Waals surface area (Å²) in [5.74, 6) is 0. The summed E-state index contributed by atoms with van der Waals surface area (Å²) in [7, 11) is 0. The molecule has 0 aliphatic carbocycles.